The summed E-state index contributed by atoms with van der Waals surface area (Å²) in [7, 11) is 0. The van der Waals surface area contributed by atoms with Crippen LogP contribution in [-0.2, 0) is 0 Å². The maximum absolute atomic E-state index is 5.56. The molecule has 0 aliphatic heterocycles. The molecule has 11 rings (SSSR count). The Bertz CT molecular complexity index is 3000. The summed E-state index contributed by atoms with van der Waals surface area (Å²) in [6.07, 6.45) is 8.76. The third kappa shape index (κ3) is 10.2. The topological polar surface area (TPSA) is 49.4 Å². The van der Waals surface area contributed by atoms with Crippen LogP contribution in [0.3, 0.4) is 0 Å². The van der Waals surface area contributed by atoms with Gasteiger partial charge in [-0.25, -0.2) is 20.0 Å². The van der Waals surface area contributed by atoms with Crippen molar-refractivity contribution < 1.29 is 0 Å². The van der Waals surface area contributed by atoms with Crippen LogP contribution in [-0.4, -0.2) is 22.8 Å². The molecule has 0 bridgehead atoms. The smallest absolute Gasteiger partial charge is 0.0900 e. The summed E-state index contributed by atoms with van der Waals surface area (Å²) in [5, 5.41) is 0. The van der Waals surface area contributed by atoms with Crippen LogP contribution in [0.4, 0.5) is 22.7 Å². The Morgan fingerprint density at radius 1 is 0.181 bits per heavy atom. The van der Waals surface area contributed by atoms with Crippen LogP contribution in [0, 0.1) is 0 Å². The lowest BCUT2D eigenvalue weighted by molar-refractivity contribution is 1.39. The zero-order valence-corrected chi connectivity index (χ0v) is 39.5. The molecule has 0 atom stereocenters. The van der Waals surface area contributed by atoms with Gasteiger partial charge in [-0.05, 0) is 46.5 Å². The van der Waals surface area contributed by atoms with E-state index in [2.05, 4.69) is 243 Å². The van der Waals surface area contributed by atoms with Gasteiger partial charge >= 0.3 is 0 Å². The van der Waals surface area contributed by atoms with Crippen LogP contribution in [0.25, 0.3) is 24.3 Å². The van der Waals surface area contributed by atoms with E-state index in [1.54, 1.807) is 0 Å². The van der Waals surface area contributed by atoms with Gasteiger partial charge in [0.15, 0.2) is 0 Å². The Labute approximate surface area is 421 Å². The zero-order chi connectivity index (χ0) is 48.3. The van der Waals surface area contributed by atoms with Crippen molar-refractivity contribution in [2.45, 2.75) is 0 Å². The van der Waals surface area contributed by atoms with Crippen LogP contribution in [0.1, 0.15) is 66.8 Å². The third-order valence-electron chi connectivity index (χ3n) is 12.6. The van der Waals surface area contributed by atoms with Crippen LogP contribution in [0.15, 0.2) is 287 Å². The highest BCUT2D eigenvalue weighted by Gasteiger charge is 2.18. The minimum atomic E-state index is 0.749. The molecule has 0 saturated heterocycles. The molecule has 0 aromatic heterocycles. The van der Waals surface area contributed by atoms with E-state index in [0.717, 1.165) is 112 Å². The molecule has 0 fully saturated rings. The van der Waals surface area contributed by atoms with Crippen molar-refractivity contribution in [2.75, 3.05) is 0 Å². The van der Waals surface area contributed by atoms with E-state index in [4.69, 9.17) is 20.0 Å². The molecular weight excluding hydrogens is 873 g/mol. The van der Waals surface area contributed by atoms with Gasteiger partial charge in [0.1, 0.15) is 0 Å². The summed E-state index contributed by atoms with van der Waals surface area (Å²) < 4.78 is 0. The summed E-state index contributed by atoms with van der Waals surface area (Å²) in [4.78, 5) is 22.2. The van der Waals surface area contributed by atoms with Gasteiger partial charge in [0.25, 0.3) is 0 Å². The zero-order valence-electron chi connectivity index (χ0n) is 39.5. The first-order valence-corrected chi connectivity index (χ1v) is 24.2. The number of nitrogens with zero attached hydrogens (tertiary/aromatic N) is 4. The molecule has 0 spiro atoms. The Hall–Kier alpha value is -9.64. The summed E-state index contributed by atoms with van der Waals surface area (Å²) in [6.45, 7) is 0. The lowest BCUT2D eigenvalue weighted by Crippen LogP contribution is -2.04. The fourth-order valence-corrected chi connectivity index (χ4v) is 8.95. The Kier molecular flexibility index (Phi) is 13.3. The fourth-order valence-electron chi connectivity index (χ4n) is 8.95. The molecule has 0 N–H and O–H groups in total. The molecular formula is C68H48N4. The van der Waals surface area contributed by atoms with Crippen LogP contribution in [0.5, 0.6) is 0 Å². The maximum atomic E-state index is 5.56. The van der Waals surface area contributed by atoms with Crippen molar-refractivity contribution >= 4 is 69.9 Å². The SMILES string of the molecule is C1=C\c2cc(N=C(c3ccccc3)c3ccccc3)c(N=C(c3ccccc3)c3ccccc3)cc2/C=C\c2cc(N=C(c3ccccc3)c3ccccc3)c(N=C(c3ccccc3)c3ccccc3)cc2/1. The van der Waals surface area contributed by atoms with Crippen molar-refractivity contribution in [2.24, 2.45) is 20.0 Å². The van der Waals surface area contributed by atoms with Crippen LogP contribution < -0.4 is 0 Å². The highest BCUT2D eigenvalue weighted by molar-refractivity contribution is 6.18. The monoisotopic (exact) mass is 920 g/mol. The Balaban J connectivity index is 1.13. The van der Waals surface area contributed by atoms with Crippen molar-refractivity contribution in [3.8, 4) is 0 Å². The Morgan fingerprint density at radius 2 is 0.319 bits per heavy atom. The van der Waals surface area contributed by atoms with Crippen LogP contribution >= 0.6 is 0 Å². The summed E-state index contributed by atoms with van der Waals surface area (Å²) in [5.74, 6) is 0. The van der Waals surface area contributed by atoms with E-state index in [0.29, 0.717) is 0 Å². The second kappa shape index (κ2) is 21.3. The minimum absolute atomic E-state index is 0.749. The van der Waals surface area contributed by atoms with E-state index in [1.807, 2.05) is 48.5 Å². The van der Waals surface area contributed by atoms with Crippen molar-refractivity contribution in [1.29, 1.82) is 0 Å². The maximum Gasteiger partial charge on any atom is 0.0900 e. The van der Waals surface area contributed by atoms with E-state index in [9.17, 15) is 0 Å². The van der Waals surface area contributed by atoms with Gasteiger partial charge in [0, 0.05) is 44.5 Å². The first-order chi connectivity index (χ1) is 35.7. The molecule has 10 aromatic rings. The predicted molar refractivity (Wildman–Crippen MR) is 303 cm³/mol. The largest absolute Gasteiger partial charge is 0.245 e. The first kappa shape index (κ1) is 44.8. The summed E-state index contributed by atoms with van der Waals surface area (Å²) in [6, 6.07) is 91.8. The first-order valence-electron chi connectivity index (χ1n) is 24.2. The molecule has 72 heavy (non-hydrogen) atoms. The highest BCUT2D eigenvalue weighted by Crippen LogP contribution is 2.40. The molecule has 0 amide bonds. The van der Waals surface area contributed by atoms with Gasteiger partial charge in [-0.1, -0.05) is 267 Å². The molecule has 4 nitrogen and oxygen atoms in total. The molecule has 340 valence electrons. The average Bonchev–Trinajstić information content (AvgIpc) is 3.45. The number of hydrogen-bond acceptors (Lipinski definition) is 4. The molecule has 0 unspecified atom stereocenters. The summed E-state index contributed by atoms with van der Waals surface area (Å²) in [5.41, 5.74) is 18.6. The molecule has 4 heteroatoms. The highest BCUT2D eigenvalue weighted by atomic mass is 14.9. The number of benzene rings is 10. The molecule has 1 aliphatic carbocycles. The minimum Gasteiger partial charge on any atom is -0.245 e. The predicted octanol–water partition coefficient (Wildman–Crippen LogP) is 17.0. The Morgan fingerprint density at radius 3 is 0.458 bits per heavy atom. The lowest BCUT2D eigenvalue weighted by atomic mass is 9.95. The van der Waals surface area contributed by atoms with Gasteiger partial charge < -0.3 is 0 Å². The van der Waals surface area contributed by atoms with Gasteiger partial charge in [0.05, 0.1) is 45.6 Å². The number of hydrogen-bond donors (Lipinski definition) is 0. The van der Waals surface area contributed by atoms with Crippen LogP contribution in [0.2, 0.25) is 0 Å². The van der Waals surface area contributed by atoms with Gasteiger partial charge in [-0.15, -0.1) is 0 Å². The number of fused-ring (bicyclic) bond motifs is 2. The van der Waals surface area contributed by atoms with E-state index in [1.165, 1.54) is 0 Å². The molecule has 0 radical (unpaired) electrons. The second-order valence-electron chi connectivity index (χ2n) is 17.4. The quantitative estimate of drug-likeness (QED) is 0.110. The summed E-state index contributed by atoms with van der Waals surface area (Å²) >= 11 is 0. The van der Waals surface area contributed by atoms with E-state index in [-0.39, 0.29) is 0 Å². The second-order valence-corrected chi connectivity index (χ2v) is 17.4. The fraction of sp³-hybridized carbons (Fsp3) is 0. The van der Waals surface area contributed by atoms with Crippen molar-refractivity contribution in [1.82, 2.24) is 0 Å². The van der Waals surface area contributed by atoms with Crippen molar-refractivity contribution in [3.05, 3.63) is 334 Å². The third-order valence-corrected chi connectivity index (χ3v) is 12.6. The molecule has 10 aromatic carbocycles. The number of rotatable bonds is 12. The normalized spacial score (nSPS) is 12.1. The molecule has 0 heterocycles. The standard InChI is InChI=1S/C68H48N4/c1-9-25-49(26-10-1)65(50-27-11-2-12-28-50)69-61-45-57-41-42-59-47-63(71-67(53-33-17-5-18-34-53)54-35-19-6-20-36-54)64(72-68(55-37-21-7-22-38-55)56-39-23-8-24-40-56)48-60(59)44-43-58(57)46-62(61)70-66(51-29-13-3-14-30-51)52-31-15-4-16-32-52/h1-48H/b42-41-,44-43-,57-41?,58-43?,59-42?,60-44?. The lowest BCUT2D eigenvalue weighted by Gasteiger charge is -2.16. The van der Waals surface area contributed by atoms with Gasteiger partial charge in [0.2, 0.25) is 0 Å². The van der Waals surface area contributed by atoms with Gasteiger partial charge in [-0.3, -0.25) is 0 Å². The van der Waals surface area contributed by atoms with E-state index < -0.39 is 0 Å². The molecule has 0 saturated carbocycles. The average molecular weight is 921 g/mol. The van der Waals surface area contributed by atoms with E-state index >= 15 is 0 Å². The molecule has 1 aliphatic rings. The van der Waals surface area contributed by atoms with Gasteiger partial charge in [-0.2, -0.15) is 0 Å². The number of aliphatic imine (C=N–C) groups is 4. The van der Waals surface area contributed by atoms with Crippen molar-refractivity contribution in [3.63, 3.8) is 0 Å².